The maximum atomic E-state index is 14.2. The number of amides is 1. The van der Waals surface area contributed by atoms with Gasteiger partial charge < -0.3 is 14.9 Å². The number of piperidine rings is 2. The Kier molecular flexibility index (Phi) is 5.74. The van der Waals surface area contributed by atoms with Crippen LogP contribution >= 0.6 is 0 Å². The molecule has 138 valence electrons. The van der Waals surface area contributed by atoms with Gasteiger partial charge in [0, 0.05) is 19.7 Å². The summed E-state index contributed by atoms with van der Waals surface area (Å²) in [5.74, 6) is 0.275. The summed E-state index contributed by atoms with van der Waals surface area (Å²) in [6, 6.07) is 6.83. The van der Waals surface area contributed by atoms with Crippen LogP contribution < -0.4 is 0 Å². The number of carbonyl (C=O) groups excluding carboxylic acids is 1. The van der Waals surface area contributed by atoms with Gasteiger partial charge in [0.05, 0.1) is 5.41 Å². The fourth-order valence-corrected chi connectivity index (χ4v) is 4.17. The third-order valence-electron chi connectivity index (χ3n) is 6.04. The van der Waals surface area contributed by atoms with Crippen LogP contribution in [0.2, 0.25) is 0 Å². The minimum Gasteiger partial charge on any atom is -0.396 e. The van der Waals surface area contributed by atoms with E-state index >= 15 is 0 Å². The van der Waals surface area contributed by atoms with Gasteiger partial charge in [-0.2, -0.15) is 0 Å². The van der Waals surface area contributed by atoms with Crippen molar-refractivity contribution in [1.29, 1.82) is 0 Å². The number of hydrogen-bond donors (Lipinski definition) is 1. The molecule has 2 aliphatic rings. The first-order valence-electron chi connectivity index (χ1n) is 9.36. The molecule has 0 saturated carbocycles. The molecule has 1 N–H and O–H groups in total. The lowest BCUT2D eigenvalue weighted by Crippen LogP contribution is -2.52. The van der Waals surface area contributed by atoms with Crippen molar-refractivity contribution in [3.8, 4) is 0 Å². The van der Waals surface area contributed by atoms with Crippen molar-refractivity contribution in [3.05, 3.63) is 35.6 Å². The van der Waals surface area contributed by atoms with Crippen molar-refractivity contribution in [3.63, 3.8) is 0 Å². The fourth-order valence-electron chi connectivity index (χ4n) is 4.17. The fraction of sp³-hybridized carbons (Fsp3) is 0.650. The van der Waals surface area contributed by atoms with E-state index in [0.717, 1.165) is 38.8 Å². The predicted octanol–water partition coefficient (Wildman–Crippen LogP) is 2.31. The number of likely N-dealkylation sites (tertiary alicyclic amines) is 2. The lowest BCUT2D eigenvalue weighted by Gasteiger charge is -2.44. The zero-order valence-corrected chi connectivity index (χ0v) is 15.1. The van der Waals surface area contributed by atoms with E-state index in [-0.39, 0.29) is 18.3 Å². The summed E-state index contributed by atoms with van der Waals surface area (Å²) in [6.07, 6.45) is 3.75. The Balaban J connectivity index is 1.79. The van der Waals surface area contributed by atoms with E-state index in [9.17, 15) is 14.3 Å². The van der Waals surface area contributed by atoms with Gasteiger partial charge in [0.1, 0.15) is 5.82 Å². The molecule has 2 heterocycles. The van der Waals surface area contributed by atoms with Crippen LogP contribution in [0, 0.1) is 17.2 Å². The molecule has 0 aliphatic carbocycles. The zero-order valence-electron chi connectivity index (χ0n) is 15.1. The molecule has 2 fully saturated rings. The molecule has 25 heavy (non-hydrogen) atoms. The molecular weight excluding hydrogens is 319 g/mol. The number of aliphatic hydroxyl groups excluding tert-OH is 1. The molecule has 0 bridgehead atoms. The van der Waals surface area contributed by atoms with Gasteiger partial charge in [-0.25, -0.2) is 4.39 Å². The topological polar surface area (TPSA) is 43.8 Å². The first kappa shape index (κ1) is 18.3. The molecule has 2 aliphatic heterocycles. The van der Waals surface area contributed by atoms with Gasteiger partial charge in [-0.3, -0.25) is 4.79 Å². The maximum absolute atomic E-state index is 14.2. The van der Waals surface area contributed by atoms with Gasteiger partial charge in [0.25, 0.3) is 0 Å². The van der Waals surface area contributed by atoms with Gasteiger partial charge in [0.15, 0.2) is 0 Å². The van der Waals surface area contributed by atoms with Crippen molar-refractivity contribution in [2.45, 2.75) is 32.1 Å². The molecule has 0 radical (unpaired) electrons. The molecule has 0 spiro atoms. The Bertz CT molecular complexity index is 591. The van der Waals surface area contributed by atoms with Crippen molar-refractivity contribution in [2.75, 3.05) is 39.8 Å². The number of aliphatic hydroxyl groups is 1. The van der Waals surface area contributed by atoms with Crippen LogP contribution in [0.1, 0.15) is 31.2 Å². The van der Waals surface area contributed by atoms with E-state index in [1.807, 2.05) is 11.0 Å². The second-order valence-electron chi connectivity index (χ2n) is 7.77. The average molecular weight is 348 g/mol. The summed E-state index contributed by atoms with van der Waals surface area (Å²) < 4.78 is 14.2. The minimum atomic E-state index is -0.499. The van der Waals surface area contributed by atoms with Gasteiger partial charge in [-0.1, -0.05) is 18.2 Å². The molecule has 1 amide bonds. The Hall–Kier alpha value is -1.46. The number of halogens is 1. The summed E-state index contributed by atoms with van der Waals surface area (Å²) in [4.78, 5) is 17.6. The zero-order chi connectivity index (χ0) is 17.9. The Morgan fingerprint density at radius 1 is 1.20 bits per heavy atom. The lowest BCUT2D eigenvalue weighted by molar-refractivity contribution is -0.146. The Morgan fingerprint density at radius 3 is 2.44 bits per heavy atom. The highest BCUT2D eigenvalue weighted by molar-refractivity contribution is 5.83. The van der Waals surface area contributed by atoms with Crippen LogP contribution in [0.4, 0.5) is 4.39 Å². The summed E-state index contributed by atoms with van der Waals surface area (Å²) in [6.45, 7) is 3.35. The number of nitrogens with zero attached hydrogens (tertiary/aromatic N) is 2. The van der Waals surface area contributed by atoms with Crippen LogP contribution in [-0.2, 0) is 11.2 Å². The SMILES string of the molecule is CN1CCC(Cc2ccccc2F)(C(=O)N2CCC(CO)CC2)CC1. The highest BCUT2D eigenvalue weighted by Gasteiger charge is 2.44. The molecule has 1 aromatic carbocycles. The standard InChI is InChI=1S/C20H29FN2O2/c1-22-12-8-20(9-13-22,14-17-4-2-3-5-18(17)21)19(25)23-10-6-16(15-24)7-11-23/h2-5,16,24H,6-15H2,1H3. The quantitative estimate of drug-likeness (QED) is 0.908. The highest BCUT2D eigenvalue weighted by Crippen LogP contribution is 2.38. The van der Waals surface area contributed by atoms with Gasteiger partial charge in [-0.15, -0.1) is 0 Å². The molecule has 2 saturated heterocycles. The van der Waals surface area contributed by atoms with E-state index in [1.54, 1.807) is 12.1 Å². The number of rotatable bonds is 4. The Labute approximate surface area is 149 Å². The van der Waals surface area contributed by atoms with Crippen LogP contribution in [0.25, 0.3) is 0 Å². The van der Waals surface area contributed by atoms with E-state index in [0.29, 0.717) is 31.0 Å². The van der Waals surface area contributed by atoms with Crippen LogP contribution in [0.15, 0.2) is 24.3 Å². The molecular formula is C20H29FN2O2. The lowest BCUT2D eigenvalue weighted by atomic mass is 9.72. The summed E-state index contributed by atoms with van der Waals surface area (Å²) in [5, 5.41) is 9.32. The van der Waals surface area contributed by atoms with Crippen LogP contribution in [0.3, 0.4) is 0 Å². The molecule has 3 rings (SSSR count). The smallest absolute Gasteiger partial charge is 0.229 e. The molecule has 1 aromatic rings. The summed E-state index contributed by atoms with van der Waals surface area (Å²) in [5.41, 5.74) is 0.145. The monoisotopic (exact) mass is 348 g/mol. The normalized spacial score (nSPS) is 22.1. The number of carbonyl (C=O) groups is 1. The second kappa shape index (κ2) is 7.83. The predicted molar refractivity (Wildman–Crippen MR) is 95.7 cm³/mol. The molecule has 0 aromatic heterocycles. The average Bonchev–Trinajstić information content (AvgIpc) is 2.65. The first-order chi connectivity index (χ1) is 12.0. The molecule has 0 unspecified atom stereocenters. The maximum Gasteiger partial charge on any atom is 0.229 e. The van der Waals surface area contributed by atoms with Crippen LogP contribution in [-0.4, -0.2) is 60.6 Å². The first-order valence-corrected chi connectivity index (χ1v) is 9.36. The molecule has 4 nitrogen and oxygen atoms in total. The van der Waals surface area contributed by atoms with Crippen LogP contribution in [0.5, 0.6) is 0 Å². The Morgan fingerprint density at radius 2 is 1.84 bits per heavy atom. The van der Waals surface area contributed by atoms with Gasteiger partial charge >= 0.3 is 0 Å². The largest absolute Gasteiger partial charge is 0.396 e. The second-order valence-corrected chi connectivity index (χ2v) is 7.77. The van der Waals surface area contributed by atoms with E-state index < -0.39 is 5.41 Å². The highest BCUT2D eigenvalue weighted by atomic mass is 19.1. The van der Waals surface area contributed by atoms with Gasteiger partial charge in [-0.05, 0) is 69.8 Å². The van der Waals surface area contributed by atoms with Crippen molar-refractivity contribution < 1.29 is 14.3 Å². The van der Waals surface area contributed by atoms with E-state index in [1.165, 1.54) is 6.07 Å². The summed E-state index contributed by atoms with van der Waals surface area (Å²) >= 11 is 0. The minimum absolute atomic E-state index is 0.181. The number of benzene rings is 1. The van der Waals surface area contributed by atoms with Gasteiger partial charge in [0.2, 0.25) is 5.91 Å². The summed E-state index contributed by atoms with van der Waals surface area (Å²) in [7, 11) is 2.07. The van der Waals surface area contributed by atoms with Crippen molar-refractivity contribution in [2.24, 2.45) is 11.3 Å². The molecule has 5 heteroatoms. The van der Waals surface area contributed by atoms with E-state index in [4.69, 9.17) is 0 Å². The van der Waals surface area contributed by atoms with Crippen molar-refractivity contribution in [1.82, 2.24) is 9.80 Å². The van der Waals surface area contributed by atoms with E-state index in [2.05, 4.69) is 11.9 Å². The third-order valence-corrected chi connectivity index (χ3v) is 6.04. The number of hydrogen-bond acceptors (Lipinski definition) is 3. The third kappa shape index (κ3) is 4.04. The molecule has 0 atom stereocenters. The van der Waals surface area contributed by atoms with Crippen molar-refractivity contribution >= 4 is 5.91 Å².